The fraction of sp³-hybridized carbons (Fsp3) is 0.583. The number of nitrogens with two attached hydrogens (primary N) is 1. The first-order valence-electron chi connectivity index (χ1n) is 5.83. The minimum absolute atomic E-state index is 0.0181. The predicted octanol–water partition coefficient (Wildman–Crippen LogP) is 1.03. The smallest absolute Gasteiger partial charge is 0.187 e. The first-order valence-corrected chi connectivity index (χ1v) is 5.83. The van der Waals surface area contributed by atoms with E-state index >= 15 is 0 Å². The summed E-state index contributed by atoms with van der Waals surface area (Å²) in [4.78, 5) is 20.3. The van der Waals surface area contributed by atoms with E-state index in [1.165, 1.54) is 6.42 Å². The van der Waals surface area contributed by atoms with E-state index in [9.17, 15) is 4.79 Å². The van der Waals surface area contributed by atoms with E-state index in [1.54, 1.807) is 18.6 Å². The van der Waals surface area contributed by atoms with Crippen LogP contribution in [0.15, 0.2) is 18.6 Å². The van der Waals surface area contributed by atoms with E-state index in [1.807, 2.05) is 0 Å². The second-order valence-corrected chi connectivity index (χ2v) is 4.89. The van der Waals surface area contributed by atoms with Crippen LogP contribution in [0.1, 0.15) is 29.8 Å². The van der Waals surface area contributed by atoms with Crippen molar-refractivity contribution in [2.45, 2.75) is 25.3 Å². The van der Waals surface area contributed by atoms with Gasteiger partial charge < -0.3 is 5.73 Å². The number of hydrogen-bond acceptors (Lipinski definition) is 4. The van der Waals surface area contributed by atoms with Crippen molar-refractivity contribution in [3.8, 4) is 0 Å². The first kappa shape index (κ1) is 9.90. The third-order valence-corrected chi connectivity index (χ3v) is 4.10. The summed E-state index contributed by atoms with van der Waals surface area (Å²) >= 11 is 0. The summed E-state index contributed by atoms with van der Waals surface area (Å²) in [5.74, 6) is 1.10. The molecule has 16 heavy (non-hydrogen) atoms. The summed E-state index contributed by atoms with van der Waals surface area (Å²) in [6, 6.07) is 0.0354. The Kier molecular flexibility index (Phi) is 2.24. The molecule has 0 aliphatic heterocycles. The first-order chi connectivity index (χ1) is 7.77. The summed E-state index contributed by atoms with van der Waals surface area (Å²) in [6.45, 7) is 0. The van der Waals surface area contributed by atoms with Gasteiger partial charge in [-0.2, -0.15) is 0 Å². The van der Waals surface area contributed by atoms with Crippen LogP contribution in [0.3, 0.4) is 0 Å². The Balaban J connectivity index is 1.86. The van der Waals surface area contributed by atoms with Gasteiger partial charge in [0, 0.05) is 24.4 Å². The molecule has 2 saturated carbocycles. The molecule has 2 bridgehead atoms. The van der Waals surface area contributed by atoms with Gasteiger partial charge in [0.1, 0.15) is 5.69 Å². The van der Waals surface area contributed by atoms with Crippen LogP contribution in [0.2, 0.25) is 0 Å². The zero-order valence-corrected chi connectivity index (χ0v) is 9.04. The maximum Gasteiger partial charge on any atom is 0.187 e. The highest BCUT2D eigenvalue weighted by molar-refractivity contribution is 5.96. The monoisotopic (exact) mass is 217 g/mol. The van der Waals surface area contributed by atoms with Crippen LogP contribution in [-0.4, -0.2) is 21.8 Å². The van der Waals surface area contributed by atoms with Crippen LogP contribution < -0.4 is 5.73 Å². The lowest BCUT2D eigenvalue weighted by molar-refractivity contribution is 0.0850. The number of ketones is 1. The molecular weight excluding hydrogens is 202 g/mol. The number of aromatic nitrogens is 2. The largest absolute Gasteiger partial charge is 0.327 e. The average Bonchev–Trinajstić information content (AvgIpc) is 2.90. The molecule has 0 spiro atoms. The fourth-order valence-electron chi connectivity index (χ4n) is 3.32. The molecule has 4 atom stereocenters. The molecule has 3 rings (SSSR count). The highest BCUT2D eigenvalue weighted by Crippen LogP contribution is 2.48. The molecule has 2 N–H and O–H groups in total. The lowest BCUT2D eigenvalue weighted by Crippen LogP contribution is -2.40. The molecule has 2 aliphatic rings. The summed E-state index contributed by atoms with van der Waals surface area (Å²) < 4.78 is 0. The normalized spacial score (nSPS) is 36.6. The van der Waals surface area contributed by atoms with E-state index in [0.717, 1.165) is 12.8 Å². The Morgan fingerprint density at radius 2 is 2.12 bits per heavy atom. The summed E-state index contributed by atoms with van der Waals surface area (Å²) in [7, 11) is 0. The van der Waals surface area contributed by atoms with Crippen LogP contribution in [0.5, 0.6) is 0 Å². The third-order valence-electron chi connectivity index (χ3n) is 4.10. The molecule has 0 amide bonds. The molecule has 2 aliphatic carbocycles. The van der Waals surface area contributed by atoms with Crippen molar-refractivity contribution in [2.75, 3.05) is 0 Å². The predicted molar refractivity (Wildman–Crippen MR) is 58.7 cm³/mol. The van der Waals surface area contributed by atoms with Crippen molar-refractivity contribution in [1.82, 2.24) is 9.97 Å². The number of hydrogen-bond donors (Lipinski definition) is 1. The minimum atomic E-state index is -0.0181. The Morgan fingerprint density at radius 1 is 1.31 bits per heavy atom. The quantitative estimate of drug-likeness (QED) is 0.751. The van der Waals surface area contributed by atoms with Crippen LogP contribution in [0.25, 0.3) is 0 Å². The number of nitrogens with zero attached hydrogens (tertiary/aromatic N) is 2. The van der Waals surface area contributed by atoms with Crippen LogP contribution in [-0.2, 0) is 0 Å². The van der Waals surface area contributed by atoms with Gasteiger partial charge in [0.15, 0.2) is 5.78 Å². The Labute approximate surface area is 94.3 Å². The molecule has 1 aromatic heterocycles. The number of Topliss-reactive ketones (excluding diaryl/α,β-unsaturated/α-hetero) is 1. The van der Waals surface area contributed by atoms with Crippen molar-refractivity contribution in [3.05, 3.63) is 24.3 Å². The van der Waals surface area contributed by atoms with Crippen LogP contribution in [0.4, 0.5) is 0 Å². The Bertz CT molecular complexity index is 404. The lowest BCUT2D eigenvalue weighted by Gasteiger charge is -2.26. The second-order valence-electron chi connectivity index (χ2n) is 4.89. The average molecular weight is 217 g/mol. The molecule has 4 heteroatoms. The van der Waals surface area contributed by atoms with Gasteiger partial charge in [-0.15, -0.1) is 0 Å². The van der Waals surface area contributed by atoms with Crippen molar-refractivity contribution in [3.63, 3.8) is 0 Å². The summed E-state index contributed by atoms with van der Waals surface area (Å²) in [6.07, 6.45) is 8.15. The molecule has 1 aromatic rings. The van der Waals surface area contributed by atoms with Gasteiger partial charge in [0.2, 0.25) is 0 Å². The van der Waals surface area contributed by atoms with Crippen LogP contribution >= 0.6 is 0 Å². The van der Waals surface area contributed by atoms with Crippen molar-refractivity contribution < 1.29 is 4.79 Å². The number of carbonyl (C=O) groups is 1. The molecule has 0 radical (unpaired) electrons. The van der Waals surface area contributed by atoms with Crippen molar-refractivity contribution in [1.29, 1.82) is 0 Å². The van der Waals surface area contributed by atoms with E-state index < -0.39 is 0 Å². The van der Waals surface area contributed by atoms with Crippen LogP contribution in [0, 0.1) is 17.8 Å². The van der Waals surface area contributed by atoms with Gasteiger partial charge in [-0.1, -0.05) is 0 Å². The van der Waals surface area contributed by atoms with Crippen molar-refractivity contribution >= 4 is 5.78 Å². The van der Waals surface area contributed by atoms with Gasteiger partial charge >= 0.3 is 0 Å². The zero-order chi connectivity index (χ0) is 11.1. The van der Waals surface area contributed by atoms with Gasteiger partial charge in [0.25, 0.3) is 0 Å². The van der Waals surface area contributed by atoms with Gasteiger partial charge in [-0.05, 0) is 31.1 Å². The number of rotatable bonds is 2. The van der Waals surface area contributed by atoms with Crippen molar-refractivity contribution in [2.24, 2.45) is 23.5 Å². The van der Waals surface area contributed by atoms with E-state index in [0.29, 0.717) is 17.5 Å². The maximum absolute atomic E-state index is 12.3. The van der Waals surface area contributed by atoms with E-state index in [2.05, 4.69) is 9.97 Å². The molecule has 84 valence electrons. The number of carbonyl (C=O) groups excluding carboxylic acids is 1. The molecule has 2 fully saturated rings. The standard InChI is InChI=1S/C12H15N3O/c13-11-8-2-1-7(5-8)10(11)12(16)9-6-14-3-4-15-9/h3-4,6-8,10-11H,1-2,5,13H2. The van der Waals surface area contributed by atoms with E-state index in [4.69, 9.17) is 5.73 Å². The Morgan fingerprint density at radius 3 is 2.75 bits per heavy atom. The molecule has 1 heterocycles. The fourth-order valence-corrected chi connectivity index (χ4v) is 3.32. The molecule has 4 unspecified atom stereocenters. The molecule has 0 saturated heterocycles. The van der Waals surface area contributed by atoms with Gasteiger partial charge in [0.05, 0.1) is 6.20 Å². The molecule has 4 nitrogen and oxygen atoms in total. The van der Waals surface area contributed by atoms with Gasteiger partial charge in [-0.3, -0.25) is 9.78 Å². The third kappa shape index (κ3) is 1.37. The van der Waals surface area contributed by atoms with Gasteiger partial charge in [-0.25, -0.2) is 4.98 Å². The maximum atomic E-state index is 12.3. The van der Waals surface area contributed by atoms with E-state index in [-0.39, 0.29) is 17.7 Å². The Hall–Kier alpha value is -1.29. The summed E-state index contributed by atoms with van der Waals surface area (Å²) in [5.41, 5.74) is 6.60. The SMILES string of the molecule is NC1C2CCC(C2)C1C(=O)c1cnccn1. The zero-order valence-electron chi connectivity index (χ0n) is 9.04. The topological polar surface area (TPSA) is 68.9 Å². The number of fused-ring (bicyclic) bond motifs is 2. The highest BCUT2D eigenvalue weighted by Gasteiger charge is 2.49. The molecular formula is C12H15N3O. The second kappa shape index (κ2) is 3.63. The molecule has 0 aromatic carbocycles. The summed E-state index contributed by atoms with van der Waals surface area (Å²) in [5, 5.41) is 0. The highest BCUT2D eigenvalue weighted by atomic mass is 16.1. The minimum Gasteiger partial charge on any atom is -0.327 e. The lowest BCUT2D eigenvalue weighted by atomic mass is 9.81.